The maximum Gasteiger partial charge on any atom is 0.118 e. The molecule has 0 radical (unpaired) electrons. The first kappa shape index (κ1) is 15.3. The Morgan fingerprint density at radius 3 is 2.56 bits per heavy atom. The lowest BCUT2D eigenvalue weighted by atomic mass is 10.2. The minimum Gasteiger partial charge on any atom is -0.468 e. The van der Waals surface area contributed by atoms with E-state index in [1.54, 1.807) is 0 Å². The van der Waals surface area contributed by atoms with Gasteiger partial charge in [0, 0.05) is 24.2 Å². The van der Waals surface area contributed by atoms with E-state index in [0.29, 0.717) is 12.1 Å². The molecule has 0 aliphatic carbocycles. The monoisotopic (exact) mass is 252 g/mol. The normalized spacial score (nSPS) is 12.0. The van der Waals surface area contributed by atoms with Gasteiger partial charge in [0.05, 0.1) is 12.8 Å². The van der Waals surface area contributed by atoms with Crippen LogP contribution in [0.1, 0.15) is 52.4 Å². The molecule has 1 rings (SSSR count). The Hall–Kier alpha value is -0.800. The molecule has 0 bridgehead atoms. The molecule has 0 aliphatic heterocycles. The van der Waals surface area contributed by atoms with Crippen LogP contribution in [0.2, 0.25) is 0 Å². The largest absolute Gasteiger partial charge is 0.468 e. The molecule has 3 heteroatoms. The van der Waals surface area contributed by atoms with Crippen LogP contribution < -0.4 is 5.32 Å². The van der Waals surface area contributed by atoms with Crippen LogP contribution in [0.15, 0.2) is 16.7 Å². The molecule has 18 heavy (non-hydrogen) atoms. The molecule has 0 saturated carbocycles. The molecule has 0 fully saturated rings. The fourth-order valence-corrected chi connectivity index (χ4v) is 1.93. The van der Waals surface area contributed by atoms with Crippen LogP contribution in [0.3, 0.4) is 0 Å². The highest BCUT2D eigenvalue weighted by molar-refractivity contribution is 5.12. The van der Waals surface area contributed by atoms with E-state index in [1.807, 2.05) is 6.26 Å². The summed E-state index contributed by atoms with van der Waals surface area (Å²) in [5, 5.41) is 3.40. The number of hydrogen-bond donors (Lipinski definition) is 1. The summed E-state index contributed by atoms with van der Waals surface area (Å²) < 4.78 is 5.64. The van der Waals surface area contributed by atoms with Gasteiger partial charge in [0.15, 0.2) is 0 Å². The maximum atomic E-state index is 5.64. The van der Waals surface area contributed by atoms with E-state index < -0.39 is 0 Å². The van der Waals surface area contributed by atoms with Crippen molar-refractivity contribution in [2.24, 2.45) is 0 Å². The molecule has 1 N–H and O–H groups in total. The summed E-state index contributed by atoms with van der Waals surface area (Å²) in [7, 11) is 0. The van der Waals surface area contributed by atoms with Crippen LogP contribution in [0.25, 0.3) is 0 Å². The van der Waals surface area contributed by atoms with Gasteiger partial charge in [0.25, 0.3) is 0 Å². The van der Waals surface area contributed by atoms with Crippen molar-refractivity contribution in [2.45, 2.75) is 66.2 Å². The number of rotatable bonds is 8. The van der Waals surface area contributed by atoms with Crippen molar-refractivity contribution in [3.8, 4) is 0 Å². The quantitative estimate of drug-likeness (QED) is 0.768. The van der Waals surface area contributed by atoms with Crippen LogP contribution in [0.4, 0.5) is 0 Å². The Bertz CT molecular complexity index is 331. The third-order valence-corrected chi connectivity index (χ3v) is 3.02. The van der Waals surface area contributed by atoms with E-state index in [1.165, 1.54) is 12.0 Å². The Morgan fingerprint density at radius 2 is 2.00 bits per heavy atom. The zero-order chi connectivity index (χ0) is 13.5. The highest BCUT2D eigenvalue weighted by Gasteiger charge is 2.11. The first-order valence-electron chi connectivity index (χ1n) is 7.06. The van der Waals surface area contributed by atoms with Crippen LogP contribution in [0, 0.1) is 0 Å². The van der Waals surface area contributed by atoms with E-state index in [9.17, 15) is 0 Å². The molecule has 0 aromatic carbocycles. The first-order chi connectivity index (χ1) is 8.52. The predicted molar refractivity (Wildman–Crippen MR) is 76.5 cm³/mol. The first-order valence-corrected chi connectivity index (χ1v) is 7.06. The van der Waals surface area contributed by atoms with Crippen LogP contribution >= 0.6 is 0 Å². The van der Waals surface area contributed by atoms with Crippen molar-refractivity contribution in [3.63, 3.8) is 0 Å². The van der Waals surface area contributed by atoms with Crippen molar-refractivity contribution >= 4 is 0 Å². The highest BCUT2D eigenvalue weighted by Crippen LogP contribution is 2.13. The molecule has 0 amide bonds. The zero-order valence-electron chi connectivity index (χ0n) is 12.5. The van der Waals surface area contributed by atoms with Crippen LogP contribution in [-0.2, 0) is 13.1 Å². The summed E-state index contributed by atoms with van der Waals surface area (Å²) in [6, 6.07) is 3.24. The van der Waals surface area contributed by atoms with Gasteiger partial charge >= 0.3 is 0 Å². The van der Waals surface area contributed by atoms with Gasteiger partial charge in [-0.3, -0.25) is 4.90 Å². The van der Waals surface area contributed by atoms with Crippen LogP contribution in [-0.4, -0.2) is 23.5 Å². The second-order valence-electron chi connectivity index (χ2n) is 5.52. The summed E-state index contributed by atoms with van der Waals surface area (Å²) in [4.78, 5) is 2.44. The second kappa shape index (κ2) is 7.59. The standard InChI is InChI=1S/C15H28N2O/c1-6-7-17(13(4)5)10-15-8-14(11-18-15)9-16-12(2)3/h8,11-13,16H,6-7,9-10H2,1-5H3. The summed E-state index contributed by atoms with van der Waals surface area (Å²) >= 11 is 0. The molecular weight excluding hydrogens is 224 g/mol. The predicted octanol–water partition coefficient (Wildman–Crippen LogP) is 3.40. The summed E-state index contributed by atoms with van der Waals surface area (Å²) in [5.74, 6) is 1.07. The van der Waals surface area contributed by atoms with Gasteiger partial charge in [-0.25, -0.2) is 0 Å². The summed E-state index contributed by atoms with van der Waals surface area (Å²) in [5.41, 5.74) is 1.24. The molecule has 3 nitrogen and oxygen atoms in total. The highest BCUT2D eigenvalue weighted by atomic mass is 16.3. The van der Waals surface area contributed by atoms with Crippen molar-refractivity contribution in [3.05, 3.63) is 23.7 Å². The fourth-order valence-electron chi connectivity index (χ4n) is 1.93. The molecule has 0 atom stereocenters. The van der Waals surface area contributed by atoms with Crippen LogP contribution in [0.5, 0.6) is 0 Å². The zero-order valence-corrected chi connectivity index (χ0v) is 12.5. The minimum absolute atomic E-state index is 0.510. The maximum absolute atomic E-state index is 5.64. The van der Waals surface area contributed by atoms with Gasteiger partial charge in [-0.15, -0.1) is 0 Å². The fraction of sp³-hybridized carbons (Fsp3) is 0.733. The second-order valence-corrected chi connectivity index (χ2v) is 5.52. The Kier molecular flexibility index (Phi) is 6.44. The lowest BCUT2D eigenvalue weighted by Gasteiger charge is -2.24. The van der Waals surface area contributed by atoms with Gasteiger partial charge in [-0.05, 0) is 32.9 Å². The topological polar surface area (TPSA) is 28.4 Å². The van der Waals surface area contributed by atoms with Crippen molar-refractivity contribution in [2.75, 3.05) is 6.54 Å². The third kappa shape index (κ3) is 5.23. The van der Waals surface area contributed by atoms with Gasteiger partial charge < -0.3 is 9.73 Å². The van der Waals surface area contributed by atoms with E-state index in [0.717, 1.165) is 25.4 Å². The molecular formula is C15H28N2O. The lowest BCUT2D eigenvalue weighted by molar-refractivity contribution is 0.197. The van der Waals surface area contributed by atoms with Gasteiger partial charge in [-0.1, -0.05) is 20.8 Å². The van der Waals surface area contributed by atoms with Crippen molar-refractivity contribution < 1.29 is 4.42 Å². The SMILES string of the molecule is CCCN(Cc1cc(CNC(C)C)co1)C(C)C. The van der Waals surface area contributed by atoms with E-state index >= 15 is 0 Å². The number of nitrogens with zero attached hydrogens (tertiary/aromatic N) is 1. The lowest BCUT2D eigenvalue weighted by Crippen LogP contribution is -2.30. The molecule has 0 aliphatic rings. The summed E-state index contributed by atoms with van der Waals surface area (Å²) in [6.45, 7) is 13.9. The van der Waals surface area contributed by atoms with Gasteiger partial charge in [0.1, 0.15) is 5.76 Å². The molecule has 0 unspecified atom stereocenters. The molecule has 104 valence electrons. The van der Waals surface area contributed by atoms with Crippen molar-refractivity contribution in [1.29, 1.82) is 0 Å². The minimum atomic E-state index is 0.510. The van der Waals surface area contributed by atoms with Crippen molar-refractivity contribution in [1.82, 2.24) is 10.2 Å². The third-order valence-electron chi connectivity index (χ3n) is 3.02. The molecule has 1 aromatic rings. The Balaban J connectivity index is 2.51. The van der Waals surface area contributed by atoms with E-state index in [4.69, 9.17) is 4.42 Å². The Morgan fingerprint density at radius 1 is 1.28 bits per heavy atom. The smallest absolute Gasteiger partial charge is 0.118 e. The number of furan rings is 1. The average Bonchev–Trinajstić information content (AvgIpc) is 2.73. The number of nitrogens with one attached hydrogen (secondary N) is 1. The molecule has 0 spiro atoms. The summed E-state index contributed by atoms with van der Waals surface area (Å²) in [6.07, 6.45) is 3.05. The molecule has 1 aromatic heterocycles. The van der Waals surface area contributed by atoms with E-state index in [2.05, 4.69) is 50.9 Å². The van der Waals surface area contributed by atoms with Gasteiger partial charge in [-0.2, -0.15) is 0 Å². The van der Waals surface area contributed by atoms with E-state index in [-0.39, 0.29) is 0 Å². The molecule has 1 heterocycles. The molecule has 0 saturated heterocycles. The van der Waals surface area contributed by atoms with Gasteiger partial charge in [0.2, 0.25) is 0 Å². The average molecular weight is 252 g/mol. The Labute approximate surface area is 112 Å². The number of hydrogen-bond acceptors (Lipinski definition) is 3.